The van der Waals surface area contributed by atoms with Crippen molar-refractivity contribution < 1.29 is 39.3 Å². The third-order valence-corrected chi connectivity index (χ3v) is 6.06. The zero-order valence-electron chi connectivity index (χ0n) is 22.2. The molecule has 3 rings (SSSR count). The summed E-state index contributed by atoms with van der Waals surface area (Å²) < 4.78 is 11.4. The van der Waals surface area contributed by atoms with Crippen molar-refractivity contribution in [2.45, 2.75) is 33.1 Å². The lowest BCUT2D eigenvalue weighted by Gasteiger charge is -2.18. The minimum Gasteiger partial charge on any atom is -0.504 e. The predicted molar refractivity (Wildman–Crippen MR) is 146 cm³/mol. The Morgan fingerprint density at radius 3 is 2.12 bits per heavy atom. The van der Waals surface area contributed by atoms with Crippen LogP contribution in [0.15, 0.2) is 42.5 Å². The predicted octanol–water partition coefficient (Wildman–Crippen LogP) is 4.59. The number of phenols is 1. The second-order valence-electron chi connectivity index (χ2n) is 8.93. The number of nitro benzene ring substituents is 1. The van der Waals surface area contributed by atoms with Gasteiger partial charge >= 0.3 is 11.9 Å². The molecule has 0 unspecified atom stereocenters. The maximum Gasteiger partial charge on any atom is 0.338 e. The van der Waals surface area contributed by atoms with Crippen LogP contribution >= 0.6 is 0 Å². The Hall–Kier alpha value is -4.71. The quantitative estimate of drug-likeness (QED) is 0.117. The van der Waals surface area contributed by atoms with Gasteiger partial charge in [0.1, 0.15) is 5.75 Å². The fourth-order valence-corrected chi connectivity index (χ4v) is 4.21. The molecule has 12 heteroatoms. The first-order valence-electron chi connectivity index (χ1n) is 12.6. The number of hydrogen-bond acceptors (Lipinski definition) is 9. The number of carboxylic acids is 2. The molecule has 0 atom stereocenters. The van der Waals surface area contributed by atoms with E-state index in [2.05, 4.69) is 10.3 Å². The number of nitrogens with zero attached hydrogens (tertiary/aromatic N) is 2. The van der Waals surface area contributed by atoms with E-state index in [9.17, 15) is 35.0 Å². The third kappa shape index (κ3) is 7.44. The number of benzene rings is 2. The van der Waals surface area contributed by atoms with Crippen molar-refractivity contribution in [2.75, 3.05) is 26.3 Å². The average molecular weight is 554 g/mol. The van der Waals surface area contributed by atoms with Gasteiger partial charge in [0.05, 0.1) is 40.7 Å². The van der Waals surface area contributed by atoms with Gasteiger partial charge in [-0.2, -0.15) is 0 Å². The summed E-state index contributed by atoms with van der Waals surface area (Å²) in [6.45, 7) is 4.94. The van der Waals surface area contributed by atoms with Gasteiger partial charge in [-0.3, -0.25) is 15.1 Å². The Labute approximate surface area is 230 Å². The molecule has 0 saturated carbocycles. The van der Waals surface area contributed by atoms with Crippen LogP contribution in [0.1, 0.15) is 51.4 Å². The van der Waals surface area contributed by atoms with Gasteiger partial charge in [-0.25, -0.2) is 9.59 Å². The normalized spacial score (nSPS) is 10.8. The molecular formula is C28H31N3O9. The number of aromatic hydroxyl groups is 1. The molecule has 2 aromatic carbocycles. The number of carboxylic acid groups (broad SMARTS) is 2. The van der Waals surface area contributed by atoms with Crippen molar-refractivity contribution in [2.24, 2.45) is 0 Å². The van der Waals surface area contributed by atoms with E-state index in [-0.39, 0.29) is 57.4 Å². The maximum absolute atomic E-state index is 12.1. The van der Waals surface area contributed by atoms with Gasteiger partial charge in [0, 0.05) is 23.3 Å². The minimum atomic E-state index is -1.41. The zero-order valence-corrected chi connectivity index (χ0v) is 22.2. The first kappa shape index (κ1) is 29.8. The first-order chi connectivity index (χ1) is 19.1. The standard InChI is InChI=1S/C28H31N3O9/c1-17-24(27(33)34)26(25(28(35)36)18(2)30-17)20-16-19(31(37)38)10-11-22(20)39-14-6-5-12-29-13-7-15-40-23-9-4-3-8-21(23)32/h3-4,8-11,16,29,32H,5-7,12-15H2,1-2H3,(H,33,34)(H,35,36). The summed E-state index contributed by atoms with van der Waals surface area (Å²) in [5.41, 5.74) is -1.07. The summed E-state index contributed by atoms with van der Waals surface area (Å²) in [5, 5.41) is 44.2. The second kappa shape index (κ2) is 13.9. The largest absolute Gasteiger partial charge is 0.504 e. The van der Waals surface area contributed by atoms with Crippen molar-refractivity contribution in [3.8, 4) is 28.4 Å². The number of aryl methyl sites for hydroxylation is 2. The topological polar surface area (TPSA) is 181 Å². The lowest BCUT2D eigenvalue weighted by molar-refractivity contribution is -0.384. The van der Waals surface area contributed by atoms with Crippen LogP contribution in [-0.4, -0.2) is 63.5 Å². The highest BCUT2D eigenvalue weighted by atomic mass is 16.6. The van der Waals surface area contributed by atoms with Crippen LogP contribution in [0.3, 0.4) is 0 Å². The molecule has 0 fully saturated rings. The molecule has 0 bridgehead atoms. The summed E-state index contributed by atoms with van der Waals surface area (Å²) in [7, 11) is 0. The molecule has 40 heavy (non-hydrogen) atoms. The summed E-state index contributed by atoms with van der Waals surface area (Å²) in [6, 6.07) is 10.5. The molecular weight excluding hydrogens is 522 g/mol. The van der Waals surface area contributed by atoms with Gasteiger partial charge in [-0.1, -0.05) is 12.1 Å². The Kier molecular flexibility index (Phi) is 10.4. The van der Waals surface area contributed by atoms with Crippen molar-refractivity contribution >= 4 is 17.6 Å². The number of aromatic carboxylic acids is 2. The van der Waals surface area contributed by atoms with E-state index in [0.29, 0.717) is 31.9 Å². The van der Waals surface area contributed by atoms with Gasteiger partial charge in [0.2, 0.25) is 0 Å². The lowest BCUT2D eigenvalue weighted by atomic mass is 9.91. The van der Waals surface area contributed by atoms with Gasteiger partial charge < -0.3 is 30.1 Å². The van der Waals surface area contributed by atoms with Gasteiger partial charge in [-0.15, -0.1) is 0 Å². The first-order valence-corrected chi connectivity index (χ1v) is 12.6. The summed E-state index contributed by atoms with van der Waals surface area (Å²) in [6.07, 6.45) is 2.10. The van der Waals surface area contributed by atoms with Gasteiger partial charge in [0.15, 0.2) is 11.5 Å². The number of phenolic OH excluding ortho intramolecular Hbond substituents is 1. The molecule has 0 radical (unpaired) electrons. The molecule has 12 nitrogen and oxygen atoms in total. The van der Waals surface area contributed by atoms with E-state index in [0.717, 1.165) is 18.9 Å². The summed E-state index contributed by atoms with van der Waals surface area (Å²) in [5.74, 6) is -2.14. The lowest BCUT2D eigenvalue weighted by Crippen LogP contribution is -2.19. The molecule has 3 aromatic rings. The Morgan fingerprint density at radius 1 is 0.900 bits per heavy atom. The number of nitro groups is 1. The van der Waals surface area contributed by atoms with E-state index in [1.54, 1.807) is 24.3 Å². The number of aromatic nitrogens is 1. The van der Waals surface area contributed by atoms with Gasteiger partial charge in [0.25, 0.3) is 5.69 Å². The number of hydrogen-bond donors (Lipinski definition) is 4. The number of non-ortho nitro benzene ring substituents is 1. The van der Waals surface area contributed by atoms with Crippen LogP contribution in [0.5, 0.6) is 17.2 Å². The van der Waals surface area contributed by atoms with Crippen LogP contribution in [0.4, 0.5) is 5.69 Å². The van der Waals surface area contributed by atoms with Crippen LogP contribution in [0, 0.1) is 24.0 Å². The maximum atomic E-state index is 12.1. The number of carbonyl (C=O) groups is 2. The molecule has 1 heterocycles. The molecule has 0 amide bonds. The molecule has 1 aromatic heterocycles. The SMILES string of the molecule is Cc1nc(C)c(C(=O)O)c(-c2cc([N+](=O)[O-])ccc2OCCCCNCCCOc2ccccc2O)c1C(=O)O. The summed E-state index contributed by atoms with van der Waals surface area (Å²) in [4.78, 5) is 39.1. The van der Waals surface area contributed by atoms with Crippen molar-refractivity contribution in [1.82, 2.24) is 10.3 Å². The second-order valence-corrected chi connectivity index (χ2v) is 8.93. The molecule has 0 saturated heterocycles. The monoisotopic (exact) mass is 553 g/mol. The Balaban J connectivity index is 1.64. The number of unbranched alkanes of at least 4 members (excludes halogenated alkanes) is 1. The Bertz CT molecular complexity index is 1350. The number of rotatable bonds is 15. The number of ether oxygens (including phenoxy) is 2. The van der Waals surface area contributed by atoms with E-state index >= 15 is 0 Å². The Morgan fingerprint density at radius 2 is 1.50 bits per heavy atom. The fourth-order valence-electron chi connectivity index (χ4n) is 4.21. The fraction of sp³-hybridized carbons (Fsp3) is 0.321. The number of nitrogens with one attached hydrogen (secondary N) is 1. The molecule has 0 spiro atoms. The molecule has 0 aliphatic heterocycles. The highest BCUT2D eigenvalue weighted by molar-refractivity contribution is 6.07. The van der Waals surface area contributed by atoms with Crippen LogP contribution in [-0.2, 0) is 0 Å². The number of pyridine rings is 1. The molecule has 4 N–H and O–H groups in total. The van der Waals surface area contributed by atoms with Crippen LogP contribution in [0.25, 0.3) is 11.1 Å². The third-order valence-electron chi connectivity index (χ3n) is 6.06. The number of para-hydroxylation sites is 2. The van der Waals surface area contributed by atoms with E-state index in [1.807, 2.05) is 0 Å². The van der Waals surface area contributed by atoms with Crippen molar-refractivity contribution in [3.05, 3.63) is 75.1 Å². The van der Waals surface area contributed by atoms with Crippen molar-refractivity contribution in [1.29, 1.82) is 0 Å². The van der Waals surface area contributed by atoms with Crippen LogP contribution < -0.4 is 14.8 Å². The highest BCUT2D eigenvalue weighted by Crippen LogP contribution is 2.39. The van der Waals surface area contributed by atoms with E-state index in [4.69, 9.17) is 9.47 Å². The van der Waals surface area contributed by atoms with Gasteiger partial charge in [-0.05, 0) is 64.4 Å². The van der Waals surface area contributed by atoms with E-state index in [1.165, 1.54) is 26.0 Å². The molecule has 0 aliphatic carbocycles. The smallest absolute Gasteiger partial charge is 0.338 e. The average Bonchev–Trinajstić information content (AvgIpc) is 2.89. The van der Waals surface area contributed by atoms with Crippen LogP contribution in [0.2, 0.25) is 0 Å². The minimum absolute atomic E-state index is 0.000165. The molecule has 0 aliphatic rings. The molecule has 212 valence electrons. The van der Waals surface area contributed by atoms with E-state index < -0.39 is 16.9 Å². The summed E-state index contributed by atoms with van der Waals surface area (Å²) >= 11 is 0. The van der Waals surface area contributed by atoms with Crippen molar-refractivity contribution in [3.63, 3.8) is 0 Å². The zero-order chi connectivity index (χ0) is 29.2. The highest BCUT2D eigenvalue weighted by Gasteiger charge is 2.29.